The van der Waals surface area contributed by atoms with Gasteiger partial charge in [-0.3, -0.25) is 4.79 Å². The number of hydrogen-bond donors (Lipinski definition) is 2. The molecule has 0 atom stereocenters. The van der Waals surface area contributed by atoms with Crippen LogP contribution in [0.3, 0.4) is 0 Å². The van der Waals surface area contributed by atoms with E-state index < -0.39 is 0 Å². The number of rotatable bonds is 4. The molecule has 1 amide bonds. The van der Waals surface area contributed by atoms with Crippen LogP contribution in [-0.4, -0.2) is 22.9 Å². The minimum atomic E-state index is -0.177. The van der Waals surface area contributed by atoms with Crippen molar-refractivity contribution in [1.82, 2.24) is 15.3 Å². The molecule has 0 radical (unpaired) electrons. The molecule has 2 heterocycles. The first-order valence-corrected chi connectivity index (χ1v) is 7.30. The first-order chi connectivity index (χ1) is 9.10. The summed E-state index contributed by atoms with van der Waals surface area (Å²) in [6, 6.07) is 1.74. The van der Waals surface area contributed by atoms with E-state index in [0.29, 0.717) is 17.9 Å². The lowest BCUT2D eigenvalue weighted by Crippen LogP contribution is -2.24. The monoisotopic (exact) mass is 340 g/mol. The summed E-state index contributed by atoms with van der Waals surface area (Å²) in [7, 11) is 1.73. The summed E-state index contributed by atoms with van der Waals surface area (Å²) in [6.45, 7) is 2.35. The third-order valence-corrected chi connectivity index (χ3v) is 3.69. The molecule has 0 aromatic carbocycles. The van der Waals surface area contributed by atoms with Crippen molar-refractivity contribution in [3.05, 3.63) is 38.4 Å². The zero-order valence-electron chi connectivity index (χ0n) is 10.5. The number of hydrogen-bond acceptors (Lipinski definition) is 5. The van der Waals surface area contributed by atoms with E-state index in [-0.39, 0.29) is 5.91 Å². The Morgan fingerprint density at radius 1 is 1.53 bits per heavy atom. The van der Waals surface area contributed by atoms with Gasteiger partial charge in [0.15, 0.2) is 0 Å². The maximum Gasteiger partial charge on any atom is 0.255 e. The number of amides is 1. The molecule has 0 spiro atoms. The van der Waals surface area contributed by atoms with Crippen molar-refractivity contribution in [3.63, 3.8) is 0 Å². The Morgan fingerprint density at radius 2 is 2.32 bits per heavy atom. The highest BCUT2D eigenvalue weighted by atomic mass is 79.9. The Balaban J connectivity index is 2.09. The number of nitrogens with one attached hydrogen (secondary N) is 2. The fourth-order valence-corrected chi connectivity index (χ4v) is 2.51. The summed E-state index contributed by atoms with van der Waals surface area (Å²) in [5, 5.41) is 8.66. The van der Waals surface area contributed by atoms with Crippen LogP contribution >= 0.6 is 27.3 Å². The third kappa shape index (κ3) is 3.51. The zero-order chi connectivity index (χ0) is 13.8. The number of aromatic nitrogens is 2. The number of carbonyl (C=O) groups is 1. The van der Waals surface area contributed by atoms with Gasteiger partial charge in [-0.2, -0.15) is 0 Å². The predicted octanol–water partition coefficient (Wildman–Crippen LogP) is 2.58. The Hall–Kier alpha value is -1.47. The van der Waals surface area contributed by atoms with Crippen molar-refractivity contribution < 1.29 is 4.79 Å². The van der Waals surface area contributed by atoms with Crippen LogP contribution in [0.1, 0.15) is 21.1 Å². The summed E-state index contributed by atoms with van der Waals surface area (Å²) in [5.41, 5.74) is 1.37. The molecule has 0 unspecified atom stereocenters. The molecule has 0 bridgehead atoms. The van der Waals surface area contributed by atoms with E-state index in [4.69, 9.17) is 0 Å². The molecule has 2 rings (SSSR count). The summed E-state index contributed by atoms with van der Waals surface area (Å²) in [5.74, 6) is 0.374. The highest BCUT2D eigenvalue weighted by Gasteiger charge is 2.12. The quantitative estimate of drug-likeness (QED) is 0.897. The molecule has 0 fully saturated rings. The van der Waals surface area contributed by atoms with Crippen LogP contribution in [0.2, 0.25) is 0 Å². The zero-order valence-corrected chi connectivity index (χ0v) is 12.9. The molecule has 19 heavy (non-hydrogen) atoms. The minimum absolute atomic E-state index is 0.177. The average molecular weight is 341 g/mol. The highest BCUT2D eigenvalue weighted by Crippen LogP contribution is 2.17. The van der Waals surface area contributed by atoms with Crippen LogP contribution in [0.5, 0.6) is 0 Å². The van der Waals surface area contributed by atoms with E-state index >= 15 is 0 Å². The van der Waals surface area contributed by atoms with Crippen molar-refractivity contribution in [1.29, 1.82) is 0 Å². The maximum atomic E-state index is 12.1. The third-order valence-electron chi connectivity index (χ3n) is 2.43. The number of halogens is 1. The van der Waals surface area contributed by atoms with E-state index in [2.05, 4.69) is 36.5 Å². The average Bonchev–Trinajstić information content (AvgIpc) is 2.81. The van der Waals surface area contributed by atoms with Crippen molar-refractivity contribution in [2.24, 2.45) is 0 Å². The Labute approximate surface area is 123 Å². The van der Waals surface area contributed by atoms with Crippen LogP contribution in [0.25, 0.3) is 0 Å². The van der Waals surface area contributed by atoms with Crippen LogP contribution in [0, 0.1) is 6.92 Å². The summed E-state index contributed by atoms with van der Waals surface area (Å²) in [4.78, 5) is 20.6. The highest BCUT2D eigenvalue weighted by molar-refractivity contribution is 9.10. The van der Waals surface area contributed by atoms with Gasteiger partial charge in [-0.05, 0) is 28.9 Å². The smallest absolute Gasteiger partial charge is 0.255 e. The Kier molecular flexibility index (Phi) is 4.49. The molecular weight excluding hydrogens is 328 g/mol. The van der Waals surface area contributed by atoms with Crippen molar-refractivity contribution >= 4 is 39.0 Å². The van der Waals surface area contributed by atoms with E-state index in [9.17, 15) is 4.79 Å². The lowest BCUT2D eigenvalue weighted by molar-refractivity contribution is 0.0951. The first kappa shape index (κ1) is 14.0. The van der Waals surface area contributed by atoms with Gasteiger partial charge in [0.25, 0.3) is 5.91 Å². The minimum Gasteiger partial charge on any atom is -0.372 e. The predicted molar refractivity (Wildman–Crippen MR) is 79.5 cm³/mol. The summed E-state index contributed by atoms with van der Waals surface area (Å²) in [6.07, 6.45) is 1.65. The normalized spacial score (nSPS) is 10.3. The molecule has 100 valence electrons. The van der Waals surface area contributed by atoms with E-state index in [1.54, 1.807) is 30.6 Å². The van der Waals surface area contributed by atoms with E-state index in [1.807, 2.05) is 12.3 Å². The molecule has 7 heteroatoms. The van der Waals surface area contributed by atoms with Crippen molar-refractivity contribution in [3.8, 4) is 0 Å². The van der Waals surface area contributed by atoms with Gasteiger partial charge >= 0.3 is 0 Å². The van der Waals surface area contributed by atoms with Gasteiger partial charge in [0.1, 0.15) is 5.82 Å². The molecule has 2 aromatic rings. The Bertz CT molecular complexity index is 599. The van der Waals surface area contributed by atoms with Gasteiger partial charge in [-0.25, -0.2) is 9.97 Å². The van der Waals surface area contributed by atoms with Gasteiger partial charge in [0.2, 0.25) is 0 Å². The van der Waals surface area contributed by atoms with Gasteiger partial charge in [0, 0.05) is 23.1 Å². The van der Waals surface area contributed by atoms with E-state index in [0.717, 1.165) is 15.2 Å². The lowest BCUT2D eigenvalue weighted by atomic mass is 10.2. The molecule has 0 saturated carbocycles. The fourth-order valence-electron chi connectivity index (χ4n) is 1.57. The van der Waals surface area contributed by atoms with Gasteiger partial charge in [0.05, 0.1) is 22.8 Å². The second-order valence-corrected chi connectivity index (χ2v) is 5.82. The molecule has 0 aliphatic carbocycles. The number of thiazole rings is 1. The Morgan fingerprint density at radius 3 is 2.95 bits per heavy atom. The van der Waals surface area contributed by atoms with Gasteiger partial charge in [-0.1, -0.05) is 0 Å². The molecule has 0 aliphatic rings. The number of pyridine rings is 1. The molecule has 2 aromatic heterocycles. The lowest BCUT2D eigenvalue weighted by Gasteiger charge is -2.08. The topological polar surface area (TPSA) is 66.9 Å². The first-order valence-electron chi connectivity index (χ1n) is 5.62. The van der Waals surface area contributed by atoms with Crippen molar-refractivity contribution in [2.45, 2.75) is 13.5 Å². The van der Waals surface area contributed by atoms with Gasteiger partial charge in [-0.15, -0.1) is 11.3 Å². The summed E-state index contributed by atoms with van der Waals surface area (Å²) < 4.78 is 0.765. The van der Waals surface area contributed by atoms with E-state index in [1.165, 1.54) is 0 Å². The fraction of sp³-hybridized carbons (Fsp3) is 0.250. The molecule has 5 nitrogen and oxygen atoms in total. The van der Waals surface area contributed by atoms with Crippen LogP contribution < -0.4 is 10.6 Å². The number of aryl methyl sites for hydroxylation is 1. The SMILES string of the molecule is CNc1ncc(Br)cc1C(=O)NCc1csc(C)n1. The standard InChI is InChI=1S/C12H13BrN4OS/c1-7-17-9(6-19-7)5-16-12(18)10-3-8(13)4-15-11(10)14-2/h3-4,6H,5H2,1-2H3,(H,14,15)(H,16,18). The van der Waals surface area contributed by atoms with Crippen LogP contribution in [-0.2, 0) is 6.54 Å². The number of carbonyl (C=O) groups excluding carboxylic acids is 1. The van der Waals surface area contributed by atoms with Crippen LogP contribution in [0.15, 0.2) is 22.1 Å². The molecule has 2 N–H and O–H groups in total. The van der Waals surface area contributed by atoms with Gasteiger partial charge < -0.3 is 10.6 Å². The number of anilines is 1. The molecular formula is C12H13BrN4OS. The molecule has 0 saturated heterocycles. The maximum absolute atomic E-state index is 12.1. The van der Waals surface area contributed by atoms with Crippen molar-refractivity contribution in [2.75, 3.05) is 12.4 Å². The van der Waals surface area contributed by atoms with Crippen LogP contribution in [0.4, 0.5) is 5.82 Å². The molecule has 0 aliphatic heterocycles. The largest absolute Gasteiger partial charge is 0.372 e. The second kappa shape index (κ2) is 6.12. The second-order valence-electron chi connectivity index (χ2n) is 3.84. The summed E-state index contributed by atoms with van der Waals surface area (Å²) >= 11 is 4.88. The number of nitrogens with zero attached hydrogens (tertiary/aromatic N) is 2.